The highest BCUT2D eigenvalue weighted by molar-refractivity contribution is 6.23. The molecule has 0 bridgehead atoms. The number of methoxy groups -OCH3 is 2. The predicted molar refractivity (Wildman–Crippen MR) is 136 cm³/mol. The second-order valence-corrected chi connectivity index (χ2v) is 8.35. The number of hydrogen-bond donors (Lipinski definition) is 1. The van der Waals surface area contributed by atoms with Gasteiger partial charge in [0.2, 0.25) is 5.91 Å². The first-order chi connectivity index (χ1) is 17.9. The SMILES string of the molecule is CCc1ccc(N2C(=O)CC(N(NC(=O)c3ccc(OC)cc3)C(=O)c3ccccc3OC)C2=O)cc1. The summed E-state index contributed by atoms with van der Waals surface area (Å²) < 4.78 is 10.4. The van der Waals surface area contributed by atoms with Gasteiger partial charge in [-0.05, 0) is 60.5 Å². The van der Waals surface area contributed by atoms with Crippen LogP contribution in [-0.2, 0) is 16.0 Å². The van der Waals surface area contributed by atoms with Gasteiger partial charge in [0, 0.05) is 5.56 Å². The van der Waals surface area contributed by atoms with Crippen LogP contribution in [0.3, 0.4) is 0 Å². The highest BCUT2D eigenvalue weighted by atomic mass is 16.5. The number of amides is 4. The summed E-state index contributed by atoms with van der Waals surface area (Å²) >= 11 is 0. The zero-order chi connectivity index (χ0) is 26.5. The molecule has 1 aliphatic heterocycles. The number of anilines is 1. The van der Waals surface area contributed by atoms with E-state index >= 15 is 0 Å². The molecule has 0 saturated carbocycles. The molecule has 37 heavy (non-hydrogen) atoms. The first kappa shape index (κ1) is 25.4. The zero-order valence-corrected chi connectivity index (χ0v) is 20.8. The summed E-state index contributed by atoms with van der Waals surface area (Å²) in [6.07, 6.45) is 0.515. The van der Waals surface area contributed by atoms with E-state index in [0.717, 1.165) is 21.9 Å². The maximum Gasteiger partial charge on any atom is 0.276 e. The molecule has 9 heteroatoms. The third kappa shape index (κ3) is 5.16. The molecule has 1 heterocycles. The molecule has 9 nitrogen and oxygen atoms in total. The van der Waals surface area contributed by atoms with Crippen LogP contribution in [-0.4, -0.2) is 48.9 Å². The number of imide groups is 1. The minimum Gasteiger partial charge on any atom is -0.497 e. The second kappa shape index (κ2) is 10.9. The van der Waals surface area contributed by atoms with Crippen molar-refractivity contribution in [2.75, 3.05) is 19.1 Å². The van der Waals surface area contributed by atoms with Gasteiger partial charge in [0.05, 0.1) is 31.9 Å². The average molecular weight is 502 g/mol. The summed E-state index contributed by atoms with van der Waals surface area (Å²) in [6.45, 7) is 2.00. The second-order valence-electron chi connectivity index (χ2n) is 8.35. The number of para-hydroxylation sites is 1. The third-order valence-electron chi connectivity index (χ3n) is 6.17. The molecule has 1 saturated heterocycles. The van der Waals surface area contributed by atoms with Crippen molar-refractivity contribution >= 4 is 29.3 Å². The third-order valence-corrected chi connectivity index (χ3v) is 6.17. The van der Waals surface area contributed by atoms with E-state index in [-0.39, 0.29) is 23.3 Å². The zero-order valence-electron chi connectivity index (χ0n) is 20.8. The first-order valence-electron chi connectivity index (χ1n) is 11.7. The Balaban J connectivity index is 1.69. The Kier molecular flexibility index (Phi) is 7.52. The van der Waals surface area contributed by atoms with Crippen LogP contribution in [0.4, 0.5) is 5.69 Å². The topological polar surface area (TPSA) is 105 Å². The van der Waals surface area contributed by atoms with E-state index < -0.39 is 29.7 Å². The van der Waals surface area contributed by atoms with Gasteiger partial charge in [-0.3, -0.25) is 24.6 Å². The van der Waals surface area contributed by atoms with Crippen molar-refractivity contribution in [3.05, 3.63) is 89.5 Å². The fourth-order valence-electron chi connectivity index (χ4n) is 4.11. The minimum absolute atomic E-state index is 0.131. The summed E-state index contributed by atoms with van der Waals surface area (Å²) in [7, 11) is 2.92. The van der Waals surface area contributed by atoms with E-state index in [9.17, 15) is 19.2 Å². The Morgan fingerprint density at radius 3 is 2.24 bits per heavy atom. The number of benzene rings is 3. The normalized spacial score (nSPS) is 14.9. The fraction of sp³-hybridized carbons (Fsp3) is 0.214. The van der Waals surface area contributed by atoms with Crippen LogP contribution in [0.25, 0.3) is 0 Å². The smallest absolute Gasteiger partial charge is 0.276 e. The van der Waals surface area contributed by atoms with Crippen LogP contribution in [0, 0.1) is 0 Å². The van der Waals surface area contributed by atoms with Gasteiger partial charge in [-0.15, -0.1) is 0 Å². The van der Waals surface area contributed by atoms with Gasteiger partial charge in [-0.2, -0.15) is 0 Å². The van der Waals surface area contributed by atoms with Crippen molar-refractivity contribution in [3.63, 3.8) is 0 Å². The average Bonchev–Trinajstić information content (AvgIpc) is 3.24. The number of carbonyl (C=O) groups is 4. The largest absolute Gasteiger partial charge is 0.497 e. The number of carbonyl (C=O) groups excluding carboxylic acids is 4. The monoisotopic (exact) mass is 501 g/mol. The van der Waals surface area contributed by atoms with Crippen molar-refractivity contribution < 1.29 is 28.7 Å². The number of ether oxygens (including phenoxy) is 2. The van der Waals surface area contributed by atoms with Gasteiger partial charge >= 0.3 is 0 Å². The van der Waals surface area contributed by atoms with Crippen LogP contribution in [0.15, 0.2) is 72.8 Å². The van der Waals surface area contributed by atoms with Crippen molar-refractivity contribution in [2.24, 2.45) is 0 Å². The number of aryl methyl sites for hydroxylation is 1. The molecular formula is C28H27N3O6. The lowest BCUT2D eigenvalue weighted by Gasteiger charge is -2.28. The lowest BCUT2D eigenvalue weighted by Crippen LogP contribution is -2.54. The van der Waals surface area contributed by atoms with Gasteiger partial charge in [-0.1, -0.05) is 31.2 Å². The summed E-state index contributed by atoms with van der Waals surface area (Å²) in [4.78, 5) is 54.4. The number of hydrogen-bond acceptors (Lipinski definition) is 6. The van der Waals surface area contributed by atoms with E-state index in [2.05, 4.69) is 5.43 Å². The number of hydrazine groups is 1. The quantitative estimate of drug-likeness (QED) is 0.393. The Hall–Kier alpha value is -4.66. The van der Waals surface area contributed by atoms with Gasteiger partial charge in [0.25, 0.3) is 17.7 Å². The number of nitrogens with zero attached hydrogens (tertiary/aromatic N) is 2. The van der Waals surface area contributed by atoms with Crippen LogP contribution >= 0.6 is 0 Å². The van der Waals surface area contributed by atoms with Gasteiger partial charge in [0.15, 0.2) is 0 Å². The first-order valence-corrected chi connectivity index (χ1v) is 11.7. The molecule has 0 spiro atoms. The van der Waals surface area contributed by atoms with E-state index in [0.29, 0.717) is 11.4 Å². The predicted octanol–water partition coefficient (Wildman–Crippen LogP) is 3.39. The van der Waals surface area contributed by atoms with Gasteiger partial charge < -0.3 is 9.47 Å². The Labute approximate surface area is 214 Å². The van der Waals surface area contributed by atoms with Crippen molar-refractivity contribution in [3.8, 4) is 11.5 Å². The minimum atomic E-state index is -1.25. The molecule has 0 aliphatic carbocycles. The summed E-state index contributed by atoms with van der Waals surface area (Å²) in [6, 6.07) is 18.5. The molecular weight excluding hydrogens is 474 g/mol. The van der Waals surface area contributed by atoms with Crippen LogP contribution in [0.5, 0.6) is 11.5 Å². The molecule has 3 aromatic carbocycles. The molecule has 0 aromatic heterocycles. The maximum absolute atomic E-state index is 13.7. The van der Waals surface area contributed by atoms with Crippen molar-refractivity contribution in [1.29, 1.82) is 0 Å². The molecule has 1 unspecified atom stereocenters. The van der Waals surface area contributed by atoms with Crippen molar-refractivity contribution in [1.82, 2.24) is 10.4 Å². The van der Waals surface area contributed by atoms with E-state index in [1.807, 2.05) is 19.1 Å². The standard InChI is InChI=1S/C28H27N3O6/c1-4-18-9-13-20(14-10-18)30-25(32)17-23(28(30)35)31(27(34)22-7-5-6-8-24(22)37-3)29-26(33)19-11-15-21(36-2)16-12-19/h5-16,23H,4,17H2,1-3H3,(H,29,33). The van der Waals surface area contributed by atoms with Gasteiger partial charge in [-0.25, -0.2) is 9.91 Å². The molecule has 4 rings (SSSR count). The molecule has 1 aliphatic rings. The molecule has 4 amide bonds. The lowest BCUT2D eigenvalue weighted by atomic mass is 10.1. The summed E-state index contributed by atoms with van der Waals surface area (Å²) in [5.41, 5.74) is 4.38. The maximum atomic E-state index is 13.7. The van der Waals surface area contributed by atoms with E-state index in [4.69, 9.17) is 9.47 Å². The van der Waals surface area contributed by atoms with Crippen LogP contribution in [0.2, 0.25) is 0 Å². The number of nitrogens with one attached hydrogen (secondary N) is 1. The Morgan fingerprint density at radius 2 is 1.62 bits per heavy atom. The fourth-order valence-corrected chi connectivity index (χ4v) is 4.11. The Bertz CT molecular complexity index is 1320. The molecule has 1 fully saturated rings. The summed E-state index contributed by atoms with van der Waals surface area (Å²) in [5.74, 6) is -1.59. The van der Waals surface area contributed by atoms with Gasteiger partial charge in [0.1, 0.15) is 17.5 Å². The highest BCUT2D eigenvalue weighted by Crippen LogP contribution is 2.28. The Morgan fingerprint density at radius 1 is 0.946 bits per heavy atom. The lowest BCUT2D eigenvalue weighted by molar-refractivity contribution is -0.122. The highest BCUT2D eigenvalue weighted by Gasteiger charge is 2.46. The van der Waals surface area contributed by atoms with Crippen LogP contribution in [0.1, 0.15) is 39.6 Å². The molecule has 190 valence electrons. The van der Waals surface area contributed by atoms with Crippen molar-refractivity contribution in [2.45, 2.75) is 25.8 Å². The number of rotatable bonds is 7. The molecule has 3 aromatic rings. The van der Waals surface area contributed by atoms with Crippen LogP contribution < -0.4 is 19.8 Å². The molecule has 1 atom stereocenters. The molecule has 1 N–H and O–H groups in total. The summed E-state index contributed by atoms with van der Waals surface area (Å²) in [5, 5.41) is 0.922. The van der Waals surface area contributed by atoms with E-state index in [1.165, 1.54) is 32.4 Å². The molecule has 0 radical (unpaired) electrons. The van der Waals surface area contributed by atoms with E-state index in [1.54, 1.807) is 42.5 Å².